The third-order valence-electron chi connectivity index (χ3n) is 2.70. The highest BCUT2D eigenvalue weighted by Crippen LogP contribution is 2.28. The molecule has 5 nitrogen and oxygen atoms in total. The minimum atomic E-state index is -0.146. The van der Waals surface area contributed by atoms with Gasteiger partial charge in [0.25, 0.3) is 0 Å². The van der Waals surface area contributed by atoms with Gasteiger partial charge in [-0.3, -0.25) is 10.1 Å². The molecule has 0 fully saturated rings. The lowest BCUT2D eigenvalue weighted by atomic mass is 10.2. The van der Waals surface area contributed by atoms with E-state index < -0.39 is 0 Å². The third kappa shape index (κ3) is 3.90. The molecule has 0 bridgehead atoms. The molecule has 7 heteroatoms. The maximum atomic E-state index is 11.8. The van der Waals surface area contributed by atoms with Crippen molar-refractivity contribution < 1.29 is 4.79 Å². The van der Waals surface area contributed by atoms with Crippen molar-refractivity contribution in [2.75, 3.05) is 11.1 Å². The van der Waals surface area contributed by atoms with Gasteiger partial charge in [0.1, 0.15) is 0 Å². The van der Waals surface area contributed by atoms with Crippen molar-refractivity contribution in [3.63, 3.8) is 0 Å². The zero-order valence-corrected chi connectivity index (χ0v) is 13.1. The van der Waals surface area contributed by atoms with Crippen molar-refractivity contribution in [1.82, 2.24) is 15.0 Å². The van der Waals surface area contributed by atoms with E-state index in [0.29, 0.717) is 5.95 Å². The van der Waals surface area contributed by atoms with E-state index in [1.807, 2.05) is 35.7 Å². The first kappa shape index (κ1) is 14.7. The van der Waals surface area contributed by atoms with E-state index in [4.69, 9.17) is 0 Å². The number of nitrogens with zero attached hydrogens (tertiary/aromatic N) is 3. The van der Waals surface area contributed by atoms with Crippen LogP contribution in [0.4, 0.5) is 5.95 Å². The summed E-state index contributed by atoms with van der Waals surface area (Å²) in [6.45, 7) is 0. The number of thiazole rings is 1. The largest absolute Gasteiger partial charge is 0.294 e. The van der Waals surface area contributed by atoms with Gasteiger partial charge in [0, 0.05) is 23.3 Å². The van der Waals surface area contributed by atoms with Gasteiger partial charge in [-0.15, -0.1) is 11.3 Å². The van der Waals surface area contributed by atoms with Gasteiger partial charge in [-0.05, 0) is 6.07 Å². The number of aromatic nitrogens is 3. The molecule has 1 amide bonds. The Bertz CT molecular complexity index is 747. The molecule has 1 aromatic carbocycles. The number of benzene rings is 1. The summed E-state index contributed by atoms with van der Waals surface area (Å²) in [6.07, 6.45) is 3.17. The number of carbonyl (C=O) groups excluding carboxylic acids is 1. The molecule has 0 unspecified atom stereocenters. The third-order valence-corrected chi connectivity index (χ3v) is 4.72. The summed E-state index contributed by atoms with van der Waals surface area (Å²) in [5.41, 5.74) is 2.01. The lowest BCUT2D eigenvalue weighted by molar-refractivity contribution is -0.113. The van der Waals surface area contributed by atoms with E-state index in [-0.39, 0.29) is 11.7 Å². The number of anilines is 1. The van der Waals surface area contributed by atoms with E-state index in [9.17, 15) is 4.79 Å². The van der Waals surface area contributed by atoms with Gasteiger partial charge >= 0.3 is 0 Å². The summed E-state index contributed by atoms with van der Waals surface area (Å²) in [5, 5.41) is 4.64. The molecule has 2 aromatic heterocycles. The van der Waals surface area contributed by atoms with Crippen molar-refractivity contribution in [2.45, 2.75) is 4.34 Å². The Morgan fingerprint density at radius 2 is 1.91 bits per heavy atom. The van der Waals surface area contributed by atoms with Crippen LogP contribution >= 0.6 is 23.1 Å². The predicted molar refractivity (Wildman–Crippen MR) is 88.9 cm³/mol. The Balaban J connectivity index is 1.56. The molecule has 2 heterocycles. The molecule has 0 aliphatic carbocycles. The quantitative estimate of drug-likeness (QED) is 0.728. The van der Waals surface area contributed by atoms with Crippen molar-refractivity contribution in [2.24, 2.45) is 0 Å². The minimum absolute atomic E-state index is 0.146. The normalized spacial score (nSPS) is 10.4. The fraction of sp³-hybridized carbons (Fsp3) is 0.0667. The van der Waals surface area contributed by atoms with Crippen molar-refractivity contribution in [1.29, 1.82) is 0 Å². The summed E-state index contributed by atoms with van der Waals surface area (Å²) < 4.78 is 0.864. The lowest BCUT2D eigenvalue weighted by Crippen LogP contribution is -2.15. The number of thioether (sulfide) groups is 1. The van der Waals surface area contributed by atoms with Gasteiger partial charge in [-0.25, -0.2) is 15.0 Å². The average molecular weight is 328 g/mol. The van der Waals surface area contributed by atoms with Crippen LogP contribution in [0.15, 0.2) is 58.5 Å². The first-order valence-corrected chi connectivity index (χ1v) is 8.38. The van der Waals surface area contributed by atoms with Crippen LogP contribution in [-0.4, -0.2) is 26.6 Å². The standard InChI is InChI=1S/C15H12N4OS2/c20-13(19-14-16-7-4-8-17-14)10-22-15-18-12(9-21-15)11-5-2-1-3-6-11/h1-9H,10H2,(H,16,17,19,20). The SMILES string of the molecule is O=C(CSc1nc(-c2ccccc2)cs1)Nc1ncccn1. The van der Waals surface area contributed by atoms with E-state index in [1.54, 1.807) is 18.5 Å². The minimum Gasteiger partial charge on any atom is -0.294 e. The van der Waals surface area contributed by atoms with Crippen molar-refractivity contribution in [3.05, 3.63) is 54.2 Å². The number of amides is 1. The van der Waals surface area contributed by atoms with E-state index in [1.165, 1.54) is 23.1 Å². The second-order valence-corrected chi connectivity index (χ2v) is 6.35. The van der Waals surface area contributed by atoms with E-state index in [0.717, 1.165) is 15.6 Å². The maximum absolute atomic E-state index is 11.8. The Kier molecular flexibility index (Phi) is 4.77. The van der Waals surface area contributed by atoms with Crippen LogP contribution in [0.1, 0.15) is 0 Å². The van der Waals surface area contributed by atoms with Gasteiger partial charge in [0.05, 0.1) is 11.4 Å². The van der Waals surface area contributed by atoms with Gasteiger partial charge < -0.3 is 0 Å². The van der Waals surface area contributed by atoms with Crippen LogP contribution in [0.3, 0.4) is 0 Å². The molecule has 22 heavy (non-hydrogen) atoms. The van der Waals surface area contributed by atoms with E-state index >= 15 is 0 Å². The fourth-order valence-electron chi connectivity index (χ4n) is 1.72. The highest BCUT2D eigenvalue weighted by molar-refractivity contribution is 8.01. The molecule has 110 valence electrons. The summed E-state index contributed by atoms with van der Waals surface area (Å²) >= 11 is 2.94. The molecule has 0 saturated heterocycles. The first-order valence-electron chi connectivity index (χ1n) is 6.52. The second-order valence-electron chi connectivity index (χ2n) is 4.27. The number of hydrogen-bond donors (Lipinski definition) is 1. The molecule has 1 N–H and O–H groups in total. The van der Waals surface area contributed by atoms with Crippen LogP contribution in [0, 0.1) is 0 Å². The van der Waals surface area contributed by atoms with Crippen LogP contribution in [-0.2, 0) is 4.79 Å². The highest BCUT2D eigenvalue weighted by atomic mass is 32.2. The van der Waals surface area contributed by atoms with Crippen LogP contribution in [0.5, 0.6) is 0 Å². The monoisotopic (exact) mass is 328 g/mol. The maximum Gasteiger partial charge on any atom is 0.237 e. The summed E-state index contributed by atoms with van der Waals surface area (Å²) in [5.74, 6) is 0.449. The number of nitrogens with one attached hydrogen (secondary N) is 1. The van der Waals surface area contributed by atoms with Crippen LogP contribution in [0.25, 0.3) is 11.3 Å². The molecule has 0 aliphatic rings. The lowest BCUT2D eigenvalue weighted by Gasteiger charge is -2.01. The highest BCUT2D eigenvalue weighted by Gasteiger charge is 2.08. The van der Waals surface area contributed by atoms with Crippen molar-refractivity contribution in [3.8, 4) is 11.3 Å². The number of hydrogen-bond acceptors (Lipinski definition) is 6. The smallest absolute Gasteiger partial charge is 0.237 e. The number of carbonyl (C=O) groups is 1. The summed E-state index contributed by atoms with van der Waals surface area (Å²) in [6, 6.07) is 11.7. The van der Waals surface area contributed by atoms with Gasteiger partial charge in [0.2, 0.25) is 11.9 Å². The predicted octanol–water partition coefficient (Wildman–Crippen LogP) is 3.33. The molecule has 0 saturated carbocycles. The molecule has 3 aromatic rings. The van der Waals surface area contributed by atoms with Gasteiger partial charge in [0.15, 0.2) is 4.34 Å². The van der Waals surface area contributed by atoms with Gasteiger partial charge in [-0.2, -0.15) is 0 Å². The second kappa shape index (κ2) is 7.15. The average Bonchev–Trinajstić information content (AvgIpc) is 3.04. The summed E-state index contributed by atoms with van der Waals surface area (Å²) in [7, 11) is 0. The molecule has 0 atom stereocenters. The van der Waals surface area contributed by atoms with Crippen molar-refractivity contribution >= 4 is 35.0 Å². The fourth-order valence-corrected chi connectivity index (χ4v) is 3.35. The zero-order valence-electron chi connectivity index (χ0n) is 11.5. The Labute approximate surface area is 135 Å². The molecule has 0 radical (unpaired) electrons. The first-order chi connectivity index (χ1) is 10.8. The Morgan fingerprint density at radius 1 is 1.14 bits per heavy atom. The van der Waals surface area contributed by atoms with E-state index in [2.05, 4.69) is 20.3 Å². The molecular weight excluding hydrogens is 316 g/mol. The zero-order chi connectivity index (χ0) is 15.2. The molecule has 0 spiro atoms. The Morgan fingerprint density at radius 3 is 2.68 bits per heavy atom. The van der Waals surface area contributed by atoms with Crippen LogP contribution < -0.4 is 5.32 Å². The Hall–Kier alpha value is -2.25. The van der Waals surface area contributed by atoms with Crippen LogP contribution in [0.2, 0.25) is 0 Å². The molecule has 0 aliphatic heterocycles. The number of rotatable bonds is 5. The molecule has 3 rings (SSSR count). The summed E-state index contributed by atoms with van der Waals surface area (Å²) in [4.78, 5) is 24.3. The molecular formula is C15H12N4OS2. The van der Waals surface area contributed by atoms with Gasteiger partial charge in [-0.1, -0.05) is 42.1 Å². The topological polar surface area (TPSA) is 67.8 Å².